The summed E-state index contributed by atoms with van der Waals surface area (Å²) in [7, 11) is 0. The molecule has 4 heteroatoms. The zero-order valence-corrected chi connectivity index (χ0v) is 5.87. The summed E-state index contributed by atoms with van der Waals surface area (Å²) in [5, 5.41) is 7.53. The van der Waals surface area contributed by atoms with Gasteiger partial charge in [0.2, 0.25) is 5.91 Å². The molecule has 1 aliphatic heterocycles. The Morgan fingerprint density at radius 3 is 3.11 bits per heavy atom. The minimum Gasteiger partial charge on any atom is -0.362 e. The molecular formula is C5H8N2OS. The van der Waals surface area contributed by atoms with E-state index in [2.05, 4.69) is 10.6 Å². The van der Waals surface area contributed by atoms with E-state index in [1.54, 1.807) is 11.8 Å². The van der Waals surface area contributed by atoms with Crippen LogP contribution in [0, 0.1) is 0 Å². The highest BCUT2D eigenvalue weighted by molar-refractivity contribution is 8.02. The number of carbonyl (C=O) groups excluding carboxylic acids is 1. The summed E-state index contributed by atoms with van der Waals surface area (Å²) in [6.07, 6.45) is 1.81. The maximum absolute atomic E-state index is 10.4. The zero-order valence-electron chi connectivity index (χ0n) is 5.05. The zero-order chi connectivity index (χ0) is 6.69. The van der Waals surface area contributed by atoms with Gasteiger partial charge in [-0.05, 0) is 5.41 Å². The lowest BCUT2D eigenvalue weighted by Gasteiger charge is -2.09. The Kier molecular flexibility index (Phi) is 2.00. The van der Waals surface area contributed by atoms with Crippen molar-refractivity contribution < 1.29 is 4.79 Å². The average Bonchev–Trinajstić information content (AvgIpc) is 2.15. The van der Waals surface area contributed by atoms with Crippen LogP contribution in [0.25, 0.3) is 0 Å². The Morgan fingerprint density at radius 2 is 2.67 bits per heavy atom. The molecule has 0 aliphatic carbocycles. The summed E-state index contributed by atoms with van der Waals surface area (Å²) < 4.78 is 0. The van der Waals surface area contributed by atoms with Crippen LogP contribution < -0.4 is 10.6 Å². The van der Waals surface area contributed by atoms with Crippen molar-refractivity contribution in [1.82, 2.24) is 10.6 Å². The summed E-state index contributed by atoms with van der Waals surface area (Å²) in [5.41, 5.74) is 0.0440. The van der Waals surface area contributed by atoms with Crippen LogP contribution in [0.5, 0.6) is 0 Å². The molecule has 0 radical (unpaired) electrons. The first kappa shape index (κ1) is 6.48. The molecule has 1 aliphatic rings. The van der Waals surface area contributed by atoms with Gasteiger partial charge >= 0.3 is 0 Å². The third-order valence-electron chi connectivity index (χ3n) is 0.865. The second-order valence-electron chi connectivity index (χ2n) is 1.69. The number of carbonyl (C=O) groups is 1. The normalized spacial score (nSPS) is 23.4. The second kappa shape index (κ2) is 2.77. The Bertz CT molecular complexity index is 138. The van der Waals surface area contributed by atoms with Crippen molar-refractivity contribution in [2.24, 2.45) is 0 Å². The number of hydrogen-bond acceptors (Lipinski definition) is 3. The molecule has 0 saturated heterocycles. The summed E-state index contributed by atoms with van der Waals surface area (Å²) in [6.45, 7) is 1.50. The molecule has 50 valence electrons. The smallest absolute Gasteiger partial charge is 0.219 e. The summed E-state index contributed by atoms with van der Waals surface area (Å²) in [4.78, 5) is 10.4. The molecule has 1 atom stereocenters. The van der Waals surface area contributed by atoms with Gasteiger partial charge in [0.1, 0.15) is 0 Å². The molecule has 0 saturated carbocycles. The van der Waals surface area contributed by atoms with Crippen molar-refractivity contribution in [2.45, 2.75) is 12.4 Å². The molecule has 0 fully saturated rings. The van der Waals surface area contributed by atoms with E-state index in [4.69, 9.17) is 0 Å². The van der Waals surface area contributed by atoms with E-state index >= 15 is 0 Å². The molecule has 1 rings (SSSR count). The molecule has 9 heavy (non-hydrogen) atoms. The van der Waals surface area contributed by atoms with Crippen molar-refractivity contribution in [3.8, 4) is 0 Å². The second-order valence-corrected chi connectivity index (χ2v) is 2.70. The molecule has 2 N–H and O–H groups in total. The third-order valence-corrected chi connectivity index (χ3v) is 1.68. The number of amides is 1. The minimum atomic E-state index is -0.0105. The molecule has 0 spiro atoms. The largest absolute Gasteiger partial charge is 0.362 e. The van der Waals surface area contributed by atoms with E-state index in [1.165, 1.54) is 6.92 Å². The Balaban J connectivity index is 2.22. The van der Waals surface area contributed by atoms with Crippen molar-refractivity contribution >= 4 is 17.7 Å². The van der Waals surface area contributed by atoms with Gasteiger partial charge in [-0.2, -0.15) is 0 Å². The topological polar surface area (TPSA) is 41.1 Å². The quantitative estimate of drug-likeness (QED) is 0.553. The van der Waals surface area contributed by atoms with Crippen LogP contribution in [-0.2, 0) is 4.79 Å². The number of nitrogens with one attached hydrogen (secondary N) is 2. The van der Waals surface area contributed by atoms with Gasteiger partial charge in [0, 0.05) is 13.1 Å². The van der Waals surface area contributed by atoms with E-state index < -0.39 is 0 Å². The summed E-state index contributed by atoms with van der Waals surface area (Å²) >= 11 is 1.55. The fraction of sp³-hybridized carbons (Fsp3) is 0.400. The van der Waals surface area contributed by atoms with Crippen molar-refractivity contribution in [1.29, 1.82) is 0 Å². The van der Waals surface area contributed by atoms with E-state index in [1.807, 2.05) is 11.6 Å². The minimum absolute atomic E-state index is 0.0105. The van der Waals surface area contributed by atoms with Crippen LogP contribution >= 0.6 is 11.8 Å². The van der Waals surface area contributed by atoms with Crippen molar-refractivity contribution in [2.75, 3.05) is 0 Å². The van der Waals surface area contributed by atoms with Crippen LogP contribution in [-0.4, -0.2) is 11.4 Å². The highest BCUT2D eigenvalue weighted by Gasteiger charge is 2.08. The average molecular weight is 144 g/mol. The van der Waals surface area contributed by atoms with Crippen LogP contribution in [0.15, 0.2) is 11.6 Å². The first-order chi connectivity index (χ1) is 4.29. The molecule has 3 nitrogen and oxygen atoms in total. The third kappa shape index (κ3) is 1.97. The van der Waals surface area contributed by atoms with Gasteiger partial charge in [-0.1, -0.05) is 11.8 Å². The SMILES string of the molecule is CC(=O)NC1NC=CS1. The predicted octanol–water partition coefficient (Wildman–Crippen LogP) is 0.214. The number of hydrogen-bond donors (Lipinski definition) is 2. The monoisotopic (exact) mass is 144 g/mol. The van der Waals surface area contributed by atoms with E-state index in [0.717, 1.165) is 0 Å². The molecular weight excluding hydrogens is 136 g/mol. The van der Waals surface area contributed by atoms with Crippen molar-refractivity contribution in [3.63, 3.8) is 0 Å². The lowest BCUT2D eigenvalue weighted by Crippen LogP contribution is -2.36. The van der Waals surface area contributed by atoms with Crippen LogP contribution in [0.1, 0.15) is 6.92 Å². The molecule has 0 aromatic rings. The van der Waals surface area contributed by atoms with Crippen molar-refractivity contribution in [3.05, 3.63) is 11.6 Å². The van der Waals surface area contributed by atoms with Gasteiger partial charge < -0.3 is 10.6 Å². The molecule has 1 amide bonds. The maximum atomic E-state index is 10.4. The highest BCUT2D eigenvalue weighted by Crippen LogP contribution is 2.11. The molecule has 1 heterocycles. The number of thioether (sulfide) groups is 1. The standard InChI is InChI=1S/C5H8N2OS/c1-4(8)7-5-6-2-3-9-5/h2-3,5-6H,1H3,(H,7,8). The van der Waals surface area contributed by atoms with Gasteiger partial charge in [0.15, 0.2) is 5.50 Å². The first-order valence-electron chi connectivity index (χ1n) is 2.62. The van der Waals surface area contributed by atoms with Gasteiger partial charge in [0.05, 0.1) is 0 Å². The lowest BCUT2D eigenvalue weighted by atomic mass is 10.7. The highest BCUT2D eigenvalue weighted by atomic mass is 32.2. The molecule has 0 bridgehead atoms. The van der Waals surface area contributed by atoms with Gasteiger partial charge in [-0.25, -0.2) is 0 Å². The number of rotatable bonds is 1. The van der Waals surface area contributed by atoms with E-state index in [-0.39, 0.29) is 11.4 Å². The Morgan fingerprint density at radius 1 is 1.89 bits per heavy atom. The van der Waals surface area contributed by atoms with Gasteiger partial charge in [-0.3, -0.25) is 4.79 Å². The Hall–Kier alpha value is -0.640. The molecule has 1 unspecified atom stereocenters. The summed E-state index contributed by atoms with van der Waals surface area (Å²) in [6, 6.07) is 0. The fourth-order valence-corrected chi connectivity index (χ4v) is 1.25. The van der Waals surface area contributed by atoms with E-state index in [0.29, 0.717) is 0 Å². The van der Waals surface area contributed by atoms with Gasteiger partial charge in [0.25, 0.3) is 0 Å². The predicted molar refractivity (Wildman–Crippen MR) is 37.5 cm³/mol. The van der Waals surface area contributed by atoms with E-state index in [9.17, 15) is 4.79 Å². The molecule has 0 aromatic heterocycles. The van der Waals surface area contributed by atoms with Gasteiger partial charge in [-0.15, -0.1) is 0 Å². The fourth-order valence-electron chi connectivity index (χ4n) is 0.544. The molecule has 0 aromatic carbocycles. The first-order valence-corrected chi connectivity index (χ1v) is 3.57. The maximum Gasteiger partial charge on any atom is 0.219 e. The van der Waals surface area contributed by atoms with Crippen LogP contribution in [0.4, 0.5) is 0 Å². The van der Waals surface area contributed by atoms with Crippen LogP contribution in [0.2, 0.25) is 0 Å². The lowest BCUT2D eigenvalue weighted by molar-refractivity contribution is -0.119. The summed E-state index contributed by atoms with van der Waals surface area (Å²) in [5.74, 6) is -0.0105. The Labute approximate surface area is 57.9 Å². The van der Waals surface area contributed by atoms with Crippen LogP contribution in [0.3, 0.4) is 0 Å².